The largest absolute Gasteiger partial charge is 0.507 e. The average Bonchev–Trinajstić information content (AvgIpc) is 2.34. The Bertz CT molecular complexity index is 545. The fourth-order valence-corrected chi connectivity index (χ4v) is 1.90. The molecule has 0 amide bonds. The van der Waals surface area contributed by atoms with Crippen molar-refractivity contribution in [3.63, 3.8) is 0 Å². The molecular formula is C15H16O2. The fraction of sp³-hybridized carbons (Fsp3) is 0.200. The number of rotatable bonds is 2. The van der Waals surface area contributed by atoms with E-state index >= 15 is 0 Å². The van der Waals surface area contributed by atoms with Gasteiger partial charge in [0.15, 0.2) is 0 Å². The monoisotopic (exact) mass is 228 g/mol. The van der Waals surface area contributed by atoms with Gasteiger partial charge in [0.1, 0.15) is 11.5 Å². The van der Waals surface area contributed by atoms with Crippen molar-refractivity contribution in [1.82, 2.24) is 0 Å². The van der Waals surface area contributed by atoms with E-state index in [1.165, 1.54) is 11.1 Å². The molecular weight excluding hydrogens is 212 g/mol. The Morgan fingerprint density at radius 1 is 1.00 bits per heavy atom. The molecule has 0 fully saturated rings. The number of phenols is 1. The Morgan fingerprint density at radius 3 is 2.47 bits per heavy atom. The minimum Gasteiger partial charge on any atom is -0.507 e. The first-order valence-electron chi connectivity index (χ1n) is 5.57. The minimum atomic E-state index is 0.277. The van der Waals surface area contributed by atoms with E-state index in [-0.39, 0.29) is 5.75 Å². The van der Waals surface area contributed by atoms with Gasteiger partial charge < -0.3 is 9.84 Å². The van der Waals surface area contributed by atoms with Crippen LogP contribution in [0.1, 0.15) is 11.1 Å². The molecule has 0 bridgehead atoms. The minimum absolute atomic E-state index is 0.277. The molecule has 2 nitrogen and oxygen atoms in total. The van der Waals surface area contributed by atoms with Gasteiger partial charge in [-0.25, -0.2) is 0 Å². The third kappa shape index (κ3) is 2.11. The summed E-state index contributed by atoms with van der Waals surface area (Å²) < 4.78 is 5.19. The molecule has 0 aliphatic rings. The predicted molar refractivity (Wildman–Crippen MR) is 69.6 cm³/mol. The van der Waals surface area contributed by atoms with Crippen molar-refractivity contribution in [2.45, 2.75) is 13.8 Å². The van der Waals surface area contributed by atoms with Gasteiger partial charge in [-0.1, -0.05) is 18.2 Å². The van der Waals surface area contributed by atoms with E-state index in [1.54, 1.807) is 19.2 Å². The van der Waals surface area contributed by atoms with E-state index in [0.717, 1.165) is 16.9 Å². The van der Waals surface area contributed by atoms with Gasteiger partial charge in [-0.2, -0.15) is 0 Å². The molecule has 0 atom stereocenters. The Labute approximate surface area is 101 Å². The van der Waals surface area contributed by atoms with E-state index in [9.17, 15) is 5.11 Å². The number of ether oxygens (including phenoxy) is 1. The van der Waals surface area contributed by atoms with Crippen LogP contribution in [0, 0.1) is 13.8 Å². The molecule has 0 spiro atoms. The SMILES string of the molecule is COc1ccc(O)c(-c2cccc(C)c2C)c1. The number of methoxy groups -OCH3 is 1. The van der Waals surface area contributed by atoms with E-state index in [4.69, 9.17) is 4.74 Å². The number of benzene rings is 2. The van der Waals surface area contributed by atoms with Crippen molar-refractivity contribution in [2.24, 2.45) is 0 Å². The van der Waals surface area contributed by atoms with Gasteiger partial charge >= 0.3 is 0 Å². The van der Waals surface area contributed by atoms with Gasteiger partial charge in [-0.05, 0) is 48.7 Å². The lowest BCUT2D eigenvalue weighted by atomic mass is 9.96. The molecule has 0 aromatic heterocycles. The molecule has 0 aliphatic heterocycles. The molecule has 88 valence electrons. The van der Waals surface area contributed by atoms with Crippen LogP contribution in [0.4, 0.5) is 0 Å². The van der Waals surface area contributed by atoms with Gasteiger partial charge in [-0.3, -0.25) is 0 Å². The van der Waals surface area contributed by atoms with Crippen LogP contribution in [0.5, 0.6) is 11.5 Å². The zero-order valence-corrected chi connectivity index (χ0v) is 10.3. The van der Waals surface area contributed by atoms with Gasteiger partial charge in [-0.15, -0.1) is 0 Å². The maximum Gasteiger partial charge on any atom is 0.123 e. The van der Waals surface area contributed by atoms with E-state index < -0.39 is 0 Å². The first-order chi connectivity index (χ1) is 8.13. The lowest BCUT2D eigenvalue weighted by Gasteiger charge is -2.11. The summed E-state index contributed by atoms with van der Waals surface area (Å²) in [5.41, 5.74) is 4.24. The first kappa shape index (κ1) is 11.5. The van der Waals surface area contributed by atoms with Crippen molar-refractivity contribution in [2.75, 3.05) is 7.11 Å². The summed E-state index contributed by atoms with van der Waals surface area (Å²) in [4.78, 5) is 0. The van der Waals surface area contributed by atoms with Crippen LogP contribution in [-0.4, -0.2) is 12.2 Å². The summed E-state index contributed by atoms with van der Waals surface area (Å²) in [6.45, 7) is 4.12. The molecule has 0 heterocycles. The molecule has 0 saturated heterocycles. The zero-order chi connectivity index (χ0) is 12.4. The zero-order valence-electron chi connectivity index (χ0n) is 10.3. The maximum absolute atomic E-state index is 9.94. The van der Waals surface area contributed by atoms with Gasteiger partial charge in [0, 0.05) is 5.56 Å². The smallest absolute Gasteiger partial charge is 0.123 e. The summed E-state index contributed by atoms with van der Waals surface area (Å²) in [5.74, 6) is 1.03. The Morgan fingerprint density at radius 2 is 1.76 bits per heavy atom. The van der Waals surface area contributed by atoms with Gasteiger partial charge in [0.2, 0.25) is 0 Å². The van der Waals surface area contributed by atoms with Crippen molar-refractivity contribution >= 4 is 0 Å². The molecule has 0 unspecified atom stereocenters. The normalized spacial score (nSPS) is 10.3. The number of phenolic OH excluding ortho intramolecular Hbond substituents is 1. The molecule has 1 N–H and O–H groups in total. The lowest BCUT2D eigenvalue weighted by Crippen LogP contribution is -1.89. The van der Waals surface area contributed by atoms with Crippen LogP contribution < -0.4 is 4.74 Å². The molecule has 2 aromatic carbocycles. The highest BCUT2D eigenvalue weighted by molar-refractivity contribution is 5.75. The molecule has 2 aromatic rings. The van der Waals surface area contributed by atoms with Crippen LogP contribution >= 0.6 is 0 Å². The quantitative estimate of drug-likeness (QED) is 0.849. The van der Waals surface area contributed by atoms with Crippen molar-refractivity contribution in [1.29, 1.82) is 0 Å². The van der Waals surface area contributed by atoms with E-state index in [2.05, 4.69) is 19.9 Å². The Balaban J connectivity index is 2.63. The summed E-state index contributed by atoms with van der Waals surface area (Å²) in [7, 11) is 1.62. The fourth-order valence-electron chi connectivity index (χ4n) is 1.90. The Hall–Kier alpha value is -1.96. The topological polar surface area (TPSA) is 29.5 Å². The molecule has 2 rings (SSSR count). The van der Waals surface area contributed by atoms with E-state index in [1.807, 2.05) is 18.2 Å². The van der Waals surface area contributed by atoms with E-state index in [0.29, 0.717) is 0 Å². The summed E-state index contributed by atoms with van der Waals surface area (Å²) in [6, 6.07) is 11.3. The molecule has 17 heavy (non-hydrogen) atoms. The second-order valence-electron chi connectivity index (χ2n) is 4.13. The van der Waals surface area contributed by atoms with Crippen LogP contribution in [0.15, 0.2) is 36.4 Å². The molecule has 2 heteroatoms. The van der Waals surface area contributed by atoms with Crippen LogP contribution in [0.25, 0.3) is 11.1 Å². The standard InChI is InChI=1S/C15H16O2/c1-10-5-4-6-13(11(10)2)14-9-12(17-3)7-8-15(14)16/h4-9,16H,1-3H3. The average molecular weight is 228 g/mol. The number of hydrogen-bond donors (Lipinski definition) is 1. The third-order valence-corrected chi connectivity index (χ3v) is 3.10. The first-order valence-corrected chi connectivity index (χ1v) is 5.57. The van der Waals surface area contributed by atoms with Gasteiger partial charge in [0.25, 0.3) is 0 Å². The molecule has 0 aliphatic carbocycles. The van der Waals surface area contributed by atoms with Crippen molar-refractivity contribution in [3.05, 3.63) is 47.5 Å². The van der Waals surface area contributed by atoms with Crippen molar-refractivity contribution < 1.29 is 9.84 Å². The highest BCUT2D eigenvalue weighted by Crippen LogP contribution is 2.35. The number of hydrogen-bond acceptors (Lipinski definition) is 2. The van der Waals surface area contributed by atoms with Crippen LogP contribution in [0.2, 0.25) is 0 Å². The molecule has 0 saturated carbocycles. The predicted octanol–water partition coefficient (Wildman–Crippen LogP) is 3.68. The highest BCUT2D eigenvalue weighted by Gasteiger charge is 2.09. The third-order valence-electron chi connectivity index (χ3n) is 3.10. The number of aromatic hydroxyl groups is 1. The second-order valence-corrected chi connectivity index (χ2v) is 4.13. The van der Waals surface area contributed by atoms with Crippen molar-refractivity contribution in [3.8, 4) is 22.6 Å². The maximum atomic E-state index is 9.94. The summed E-state index contributed by atoms with van der Waals surface area (Å²) in [5, 5.41) is 9.94. The Kier molecular flexibility index (Phi) is 3.05. The second kappa shape index (κ2) is 4.50. The van der Waals surface area contributed by atoms with Crippen LogP contribution in [-0.2, 0) is 0 Å². The van der Waals surface area contributed by atoms with Gasteiger partial charge in [0.05, 0.1) is 7.11 Å². The molecule has 0 radical (unpaired) electrons. The lowest BCUT2D eigenvalue weighted by molar-refractivity contribution is 0.412. The van der Waals surface area contributed by atoms with Crippen LogP contribution in [0.3, 0.4) is 0 Å². The summed E-state index contributed by atoms with van der Waals surface area (Å²) >= 11 is 0. The number of aryl methyl sites for hydroxylation is 1. The highest BCUT2D eigenvalue weighted by atomic mass is 16.5. The summed E-state index contributed by atoms with van der Waals surface area (Å²) in [6.07, 6.45) is 0.